The van der Waals surface area contributed by atoms with E-state index in [0.29, 0.717) is 6.20 Å². The molecular formula is C16H13ClF3NO5. The molecule has 1 heterocycles. The fourth-order valence-electron chi connectivity index (χ4n) is 2.12. The number of ketones is 1. The highest BCUT2D eigenvalue weighted by atomic mass is 35.5. The van der Waals surface area contributed by atoms with Crippen LogP contribution in [0.2, 0.25) is 5.02 Å². The molecule has 0 saturated carbocycles. The molecular weight excluding hydrogens is 379 g/mol. The zero-order chi connectivity index (χ0) is 19.7. The zero-order valence-electron chi connectivity index (χ0n) is 13.5. The maximum atomic E-state index is 12.9. The summed E-state index contributed by atoms with van der Waals surface area (Å²) in [5, 5.41) is 2.02. The number of carbonyl (C=O) groups excluding carboxylic acids is 3. The SMILES string of the molecule is CC1(C)OC(=O)C(=CNC(C(=O)C(F)(F)F)c2ccccc2Cl)C(=O)O1. The van der Waals surface area contributed by atoms with Crippen molar-refractivity contribution in [2.45, 2.75) is 31.9 Å². The minimum absolute atomic E-state index is 0.101. The number of Topliss-reactive ketones (excluding diaryl/α,β-unsaturated/α-hetero) is 1. The first-order valence-corrected chi connectivity index (χ1v) is 7.58. The fourth-order valence-corrected chi connectivity index (χ4v) is 2.37. The van der Waals surface area contributed by atoms with Crippen molar-refractivity contribution in [1.29, 1.82) is 0 Å². The van der Waals surface area contributed by atoms with E-state index in [1.165, 1.54) is 38.1 Å². The first kappa shape index (κ1) is 19.8. The molecule has 26 heavy (non-hydrogen) atoms. The summed E-state index contributed by atoms with van der Waals surface area (Å²) in [4.78, 5) is 35.4. The molecule has 140 valence electrons. The number of benzene rings is 1. The van der Waals surface area contributed by atoms with Gasteiger partial charge in [0.05, 0.1) is 0 Å². The van der Waals surface area contributed by atoms with Crippen LogP contribution in [0.5, 0.6) is 0 Å². The van der Waals surface area contributed by atoms with E-state index in [1.807, 2.05) is 0 Å². The lowest BCUT2D eigenvalue weighted by molar-refractivity contribution is -0.222. The van der Waals surface area contributed by atoms with Crippen molar-refractivity contribution in [3.63, 3.8) is 0 Å². The van der Waals surface area contributed by atoms with E-state index in [2.05, 4.69) is 5.32 Å². The summed E-state index contributed by atoms with van der Waals surface area (Å²) in [5.74, 6) is -5.86. The largest absolute Gasteiger partial charge is 0.452 e. The highest BCUT2D eigenvalue weighted by Crippen LogP contribution is 2.30. The predicted molar refractivity (Wildman–Crippen MR) is 82.7 cm³/mol. The van der Waals surface area contributed by atoms with Crippen LogP contribution in [-0.4, -0.2) is 29.7 Å². The summed E-state index contributed by atoms with van der Waals surface area (Å²) in [6, 6.07) is 3.40. The van der Waals surface area contributed by atoms with E-state index in [0.717, 1.165) is 0 Å². The maximum Gasteiger partial charge on any atom is 0.452 e. The molecule has 1 unspecified atom stereocenters. The Labute approximate surface area is 150 Å². The molecule has 1 aliphatic heterocycles. The number of rotatable bonds is 4. The molecule has 1 atom stereocenters. The van der Waals surface area contributed by atoms with E-state index >= 15 is 0 Å². The number of hydrogen-bond acceptors (Lipinski definition) is 6. The molecule has 1 saturated heterocycles. The van der Waals surface area contributed by atoms with Crippen LogP contribution < -0.4 is 5.32 Å². The molecule has 0 radical (unpaired) electrons. The van der Waals surface area contributed by atoms with E-state index < -0.39 is 41.3 Å². The molecule has 6 nitrogen and oxygen atoms in total. The van der Waals surface area contributed by atoms with Gasteiger partial charge in [0.25, 0.3) is 11.6 Å². The van der Waals surface area contributed by atoms with Crippen molar-refractivity contribution in [1.82, 2.24) is 5.32 Å². The van der Waals surface area contributed by atoms with Gasteiger partial charge in [-0.1, -0.05) is 29.8 Å². The predicted octanol–water partition coefficient (Wildman–Crippen LogP) is 2.82. The summed E-state index contributed by atoms with van der Waals surface area (Å²) < 4.78 is 48.3. The molecule has 1 aromatic carbocycles. The molecule has 0 bridgehead atoms. The van der Waals surface area contributed by atoms with Gasteiger partial charge >= 0.3 is 18.1 Å². The topological polar surface area (TPSA) is 81.7 Å². The second-order valence-electron chi connectivity index (χ2n) is 5.72. The second kappa shape index (κ2) is 6.99. The van der Waals surface area contributed by atoms with Crippen LogP contribution in [0.4, 0.5) is 13.2 Å². The third-order valence-corrected chi connectivity index (χ3v) is 3.61. The lowest BCUT2D eigenvalue weighted by Crippen LogP contribution is -2.43. The van der Waals surface area contributed by atoms with Gasteiger partial charge in [-0.05, 0) is 6.07 Å². The van der Waals surface area contributed by atoms with Crippen molar-refractivity contribution in [2.24, 2.45) is 0 Å². The average Bonchev–Trinajstić information content (AvgIpc) is 2.48. The number of ether oxygens (including phenoxy) is 2. The van der Waals surface area contributed by atoms with Gasteiger partial charge in [0, 0.05) is 30.6 Å². The average molecular weight is 392 g/mol. The number of cyclic esters (lactones) is 2. The van der Waals surface area contributed by atoms with Crippen LogP contribution in [0.3, 0.4) is 0 Å². The highest BCUT2D eigenvalue weighted by Gasteiger charge is 2.45. The molecule has 1 aliphatic rings. The Bertz CT molecular complexity index is 766. The maximum absolute atomic E-state index is 12.9. The van der Waals surface area contributed by atoms with Crippen LogP contribution in [0.1, 0.15) is 25.5 Å². The van der Waals surface area contributed by atoms with Crippen LogP contribution in [-0.2, 0) is 23.9 Å². The molecule has 10 heteroatoms. The number of nitrogens with one attached hydrogen (secondary N) is 1. The van der Waals surface area contributed by atoms with Crippen molar-refractivity contribution < 1.29 is 37.0 Å². The Balaban J connectivity index is 2.37. The molecule has 1 aromatic rings. The van der Waals surface area contributed by atoms with Gasteiger partial charge in [-0.25, -0.2) is 9.59 Å². The molecule has 1 N–H and O–H groups in total. The van der Waals surface area contributed by atoms with E-state index in [1.54, 1.807) is 0 Å². The lowest BCUT2D eigenvalue weighted by atomic mass is 10.0. The number of carbonyl (C=O) groups is 3. The monoisotopic (exact) mass is 391 g/mol. The summed E-state index contributed by atoms with van der Waals surface area (Å²) in [5.41, 5.74) is -0.859. The van der Waals surface area contributed by atoms with Crippen molar-refractivity contribution in [2.75, 3.05) is 0 Å². The minimum atomic E-state index is -5.18. The third kappa shape index (κ3) is 4.34. The van der Waals surface area contributed by atoms with E-state index in [-0.39, 0.29) is 10.6 Å². The van der Waals surface area contributed by atoms with E-state index in [4.69, 9.17) is 21.1 Å². The summed E-state index contributed by atoms with van der Waals surface area (Å²) in [6.07, 6.45) is -4.53. The zero-order valence-corrected chi connectivity index (χ0v) is 14.3. The van der Waals surface area contributed by atoms with Gasteiger partial charge in [0.1, 0.15) is 6.04 Å². The van der Waals surface area contributed by atoms with Gasteiger partial charge in [-0.2, -0.15) is 13.2 Å². The molecule has 0 spiro atoms. The standard InChI is InChI=1S/C16H13ClF3NO5/c1-15(2)25-13(23)9(14(24)26-15)7-21-11(12(22)16(18,19)20)8-5-3-4-6-10(8)17/h3-7,11,21H,1-2H3. The smallest absolute Gasteiger partial charge is 0.419 e. The molecule has 0 aromatic heterocycles. The van der Waals surface area contributed by atoms with Gasteiger partial charge < -0.3 is 14.8 Å². The molecule has 2 rings (SSSR count). The Kier molecular flexibility index (Phi) is 5.31. The van der Waals surface area contributed by atoms with Crippen LogP contribution >= 0.6 is 11.6 Å². The first-order chi connectivity index (χ1) is 11.9. The summed E-state index contributed by atoms with van der Waals surface area (Å²) >= 11 is 5.87. The molecule has 0 aliphatic carbocycles. The lowest BCUT2D eigenvalue weighted by Gasteiger charge is -2.30. The van der Waals surface area contributed by atoms with Crippen molar-refractivity contribution in [3.8, 4) is 0 Å². The second-order valence-corrected chi connectivity index (χ2v) is 6.13. The quantitative estimate of drug-likeness (QED) is 0.483. The fraction of sp³-hybridized carbons (Fsp3) is 0.312. The Morgan fingerprint density at radius 1 is 1.19 bits per heavy atom. The van der Waals surface area contributed by atoms with Crippen LogP contribution in [0.25, 0.3) is 0 Å². The van der Waals surface area contributed by atoms with Crippen LogP contribution in [0.15, 0.2) is 36.0 Å². The third-order valence-electron chi connectivity index (χ3n) is 3.27. The Morgan fingerprint density at radius 3 is 2.23 bits per heavy atom. The number of hydrogen-bond donors (Lipinski definition) is 1. The summed E-state index contributed by atoms with van der Waals surface area (Å²) in [6.45, 7) is 2.62. The van der Waals surface area contributed by atoms with Gasteiger partial charge in [0.2, 0.25) is 0 Å². The first-order valence-electron chi connectivity index (χ1n) is 7.21. The van der Waals surface area contributed by atoms with Crippen molar-refractivity contribution in [3.05, 3.63) is 46.6 Å². The highest BCUT2D eigenvalue weighted by molar-refractivity contribution is 6.31. The van der Waals surface area contributed by atoms with Crippen LogP contribution in [0, 0.1) is 0 Å². The number of halogens is 4. The normalized spacial score (nSPS) is 17.8. The van der Waals surface area contributed by atoms with Crippen molar-refractivity contribution >= 4 is 29.3 Å². The Hall–Kier alpha value is -2.55. The molecule has 0 amide bonds. The Morgan fingerprint density at radius 2 is 1.73 bits per heavy atom. The van der Waals surface area contributed by atoms with Gasteiger partial charge in [0.15, 0.2) is 5.57 Å². The summed E-state index contributed by atoms with van der Waals surface area (Å²) in [7, 11) is 0. The minimum Gasteiger partial charge on any atom is -0.419 e. The van der Waals surface area contributed by atoms with E-state index in [9.17, 15) is 27.6 Å². The number of alkyl halides is 3. The molecule has 1 fully saturated rings. The number of esters is 2. The van der Waals surface area contributed by atoms with Gasteiger partial charge in [-0.3, -0.25) is 4.79 Å². The van der Waals surface area contributed by atoms with Gasteiger partial charge in [-0.15, -0.1) is 0 Å².